The van der Waals surface area contributed by atoms with E-state index in [1.165, 1.54) is 6.42 Å². The summed E-state index contributed by atoms with van der Waals surface area (Å²) in [6, 6.07) is 5.71. The van der Waals surface area contributed by atoms with E-state index in [0.29, 0.717) is 5.92 Å². The van der Waals surface area contributed by atoms with Gasteiger partial charge in [-0.25, -0.2) is 0 Å². The van der Waals surface area contributed by atoms with E-state index in [4.69, 9.17) is 23.2 Å². The molecule has 70 valence electrons. The molecule has 1 aromatic carbocycles. The molecule has 0 spiro atoms. The molecular weight excluding hydrogens is 271 g/mol. The highest BCUT2D eigenvalue weighted by Gasteiger charge is 2.39. The van der Waals surface area contributed by atoms with Gasteiger partial charge in [-0.2, -0.15) is 0 Å². The first kappa shape index (κ1) is 9.82. The number of halogens is 3. The highest BCUT2D eigenvalue weighted by Crippen LogP contribution is 2.52. The van der Waals surface area contributed by atoms with Crippen LogP contribution in [-0.2, 0) is 0 Å². The molecule has 1 saturated carbocycles. The Hall–Kier alpha value is 0.280. The van der Waals surface area contributed by atoms with E-state index in [2.05, 4.69) is 15.9 Å². The molecule has 0 nitrogen and oxygen atoms in total. The number of hydrogen-bond acceptors (Lipinski definition) is 0. The fourth-order valence-corrected chi connectivity index (χ4v) is 3.03. The quantitative estimate of drug-likeness (QED) is 0.700. The molecule has 0 aliphatic heterocycles. The normalized spacial score (nSPS) is 26.1. The van der Waals surface area contributed by atoms with Crippen molar-refractivity contribution < 1.29 is 0 Å². The number of hydrogen-bond donors (Lipinski definition) is 0. The van der Waals surface area contributed by atoms with Crippen molar-refractivity contribution in [1.29, 1.82) is 0 Å². The molecule has 1 fully saturated rings. The minimum Gasteiger partial charge on any atom is -0.0925 e. The molecule has 2 unspecified atom stereocenters. The zero-order valence-corrected chi connectivity index (χ0v) is 10.0. The Balaban J connectivity index is 2.30. The summed E-state index contributed by atoms with van der Waals surface area (Å²) in [5.74, 6) is 1.29. The van der Waals surface area contributed by atoms with Crippen molar-refractivity contribution in [2.24, 2.45) is 5.92 Å². The summed E-state index contributed by atoms with van der Waals surface area (Å²) >= 11 is 15.7. The monoisotopic (exact) mass is 278 g/mol. The topological polar surface area (TPSA) is 0 Å². The Labute approximate surface area is 96.4 Å². The lowest BCUT2D eigenvalue weighted by Gasteiger charge is -2.04. The zero-order chi connectivity index (χ0) is 9.42. The molecule has 0 N–H and O–H groups in total. The average Bonchev–Trinajstić information content (AvgIpc) is 2.83. The maximum atomic E-state index is 6.09. The van der Waals surface area contributed by atoms with Gasteiger partial charge in [0.1, 0.15) is 0 Å². The van der Waals surface area contributed by atoms with Gasteiger partial charge in [0.25, 0.3) is 0 Å². The predicted octanol–water partition coefficient (Wildman–Crippen LogP) is 4.49. The van der Waals surface area contributed by atoms with Crippen molar-refractivity contribution in [3.8, 4) is 0 Å². The third-order valence-corrected chi connectivity index (χ3v) is 3.98. The van der Waals surface area contributed by atoms with Crippen LogP contribution in [0.3, 0.4) is 0 Å². The van der Waals surface area contributed by atoms with E-state index in [9.17, 15) is 0 Å². The first-order valence-electron chi connectivity index (χ1n) is 4.24. The van der Waals surface area contributed by atoms with Crippen LogP contribution in [0.5, 0.6) is 0 Å². The van der Waals surface area contributed by atoms with Gasteiger partial charge in [0.2, 0.25) is 0 Å². The van der Waals surface area contributed by atoms with Gasteiger partial charge in [0.15, 0.2) is 0 Å². The van der Waals surface area contributed by atoms with E-state index in [-0.39, 0.29) is 0 Å². The zero-order valence-electron chi connectivity index (χ0n) is 6.93. The fourth-order valence-electron chi connectivity index (χ4n) is 1.64. The van der Waals surface area contributed by atoms with Crippen LogP contribution in [0.1, 0.15) is 17.9 Å². The third-order valence-electron chi connectivity index (χ3n) is 2.49. The Bertz CT molecular complexity index is 304. The van der Waals surface area contributed by atoms with Gasteiger partial charge in [-0.15, -0.1) is 0 Å². The van der Waals surface area contributed by atoms with E-state index >= 15 is 0 Å². The molecule has 0 radical (unpaired) electrons. The first-order chi connectivity index (χ1) is 6.24. The van der Waals surface area contributed by atoms with Crippen molar-refractivity contribution >= 4 is 39.1 Å². The van der Waals surface area contributed by atoms with Crippen molar-refractivity contribution in [3.63, 3.8) is 0 Å². The van der Waals surface area contributed by atoms with Gasteiger partial charge in [-0.1, -0.05) is 45.2 Å². The summed E-state index contributed by atoms with van der Waals surface area (Å²) in [4.78, 5) is 0. The highest BCUT2D eigenvalue weighted by atomic mass is 79.9. The van der Waals surface area contributed by atoms with Crippen LogP contribution >= 0.6 is 39.1 Å². The molecule has 2 atom stereocenters. The van der Waals surface area contributed by atoms with Crippen LogP contribution in [0.15, 0.2) is 18.2 Å². The maximum Gasteiger partial charge on any atom is 0.0455 e. The third kappa shape index (κ3) is 1.88. The number of benzene rings is 1. The van der Waals surface area contributed by atoms with Crippen molar-refractivity contribution in [3.05, 3.63) is 33.8 Å². The predicted molar refractivity (Wildman–Crippen MR) is 61.1 cm³/mol. The molecule has 0 aromatic heterocycles. The van der Waals surface area contributed by atoms with Gasteiger partial charge in [0, 0.05) is 15.4 Å². The van der Waals surface area contributed by atoms with Gasteiger partial charge in [0.05, 0.1) is 0 Å². The average molecular weight is 280 g/mol. The van der Waals surface area contributed by atoms with Crippen LogP contribution in [-0.4, -0.2) is 5.33 Å². The summed E-state index contributed by atoms with van der Waals surface area (Å²) < 4.78 is 0. The van der Waals surface area contributed by atoms with Crippen molar-refractivity contribution in [2.45, 2.75) is 12.3 Å². The summed E-state index contributed by atoms with van der Waals surface area (Å²) in [6.07, 6.45) is 1.20. The highest BCUT2D eigenvalue weighted by molar-refractivity contribution is 9.09. The molecular formula is C10H9BrCl2. The van der Waals surface area contributed by atoms with Crippen LogP contribution in [0.2, 0.25) is 10.0 Å². The van der Waals surface area contributed by atoms with Crippen LogP contribution in [0.25, 0.3) is 0 Å². The minimum atomic E-state index is 0.570. The van der Waals surface area contributed by atoms with E-state index < -0.39 is 0 Å². The van der Waals surface area contributed by atoms with Crippen LogP contribution in [0.4, 0.5) is 0 Å². The largest absolute Gasteiger partial charge is 0.0925 e. The standard InChI is InChI=1S/C10H9BrCl2/c11-5-6-4-7(6)10-8(12)2-1-3-9(10)13/h1-3,6-7H,4-5H2. The molecule has 0 heterocycles. The molecule has 13 heavy (non-hydrogen) atoms. The second-order valence-corrected chi connectivity index (χ2v) is 4.85. The summed E-state index contributed by atoms with van der Waals surface area (Å²) in [5.41, 5.74) is 1.13. The fraction of sp³-hybridized carbons (Fsp3) is 0.400. The molecule has 0 amide bonds. The Morgan fingerprint density at radius 3 is 2.38 bits per heavy atom. The molecule has 3 heteroatoms. The molecule has 0 bridgehead atoms. The SMILES string of the molecule is Clc1cccc(Cl)c1C1CC1CBr. The van der Waals surface area contributed by atoms with E-state index in [0.717, 1.165) is 26.9 Å². The maximum absolute atomic E-state index is 6.09. The summed E-state index contributed by atoms with van der Waals surface area (Å²) in [7, 11) is 0. The molecule has 1 aliphatic rings. The lowest BCUT2D eigenvalue weighted by Crippen LogP contribution is -1.87. The first-order valence-corrected chi connectivity index (χ1v) is 6.11. The van der Waals surface area contributed by atoms with Crippen molar-refractivity contribution in [2.75, 3.05) is 5.33 Å². The Morgan fingerprint density at radius 1 is 1.31 bits per heavy atom. The van der Waals surface area contributed by atoms with Crippen molar-refractivity contribution in [1.82, 2.24) is 0 Å². The van der Waals surface area contributed by atoms with Crippen LogP contribution < -0.4 is 0 Å². The lowest BCUT2D eigenvalue weighted by molar-refractivity contribution is 0.937. The molecule has 0 saturated heterocycles. The number of alkyl halides is 1. The molecule has 2 rings (SSSR count). The van der Waals surface area contributed by atoms with Gasteiger partial charge >= 0.3 is 0 Å². The number of rotatable bonds is 2. The van der Waals surface area contributed by atoms with Gasteiger partial charge < -0.3 is 0 Å². The lowest BCUT2D eigenvalue weighted by atomic mass is 10.1. The summed E-state index contributed by atoms with van der Waals surface area (Å²) in [5, 5.41) is 2.65. The Morgan fingerprint density at radius 2 is 1.92 bits per heavy atom. The second kappa shape index (κ2) is 3.80. The second-order valence-electron chi connectivity index (χ2n) is 3.39. The van der Waals surface area contributed by atoms with E-state index in [1.807, 2.05) is 18.2 Å². The summed E-state index contributed by atoms with van der Waals surface area (Å²) in [6.45, 7) is 0. The molecule has 1 aliphatic carbocycles. The van der Waals surface area contributed by atoms with E-state index in [1.54, 1.807) is 0 Å². The molecule has 1 aromatic rings. The Kier molecular flexibility index (Phi) is 2.87. The minimum absolute atomic E-state index is 0.570. The van der Waals surface area contributed by atoms with Gasteiger partial charge in [-0.3, -0.25) is 0 Å². The van der Waals surface area contributed by atoms with Crippen LogP contribution in [0, 0.1) is 5.92 Å². The van der Waals surface area contributed by atoms with Gasteiger partial charge in [-0.05, 0) is 36.0 Å². The smallest absolute Gasteiger partial charge is 0.0455 e.